The molecule has 94 valence electrons. The van der Waals surface area contributed by atoms with Crippen molar-refractivity contribution in [3.8, 4) is 0 Å². The van der Waals surface area contributed by atoms with Gasteiger partial charge in [0.2, 0.25) is 5.91 Å². The second-order valence-electron chi connectivity index (χ2n) is 3.95. The maximum atomic E-state index is 11.9. The van der Waals surface area contributed by atoms with Crippen LogP contribution in [0.5, 0.6) is 0 Å². The predicted molar refractivity (Wildman–Crippen MR) is 61.0 cm³/mol. The lowest BCUT2D eigenvalue weighted by atomic mass is 10.1. The Morgan fingerprint density at radius 2 is 1.72 bits per heavy atom. The summed E-state index contributed by atoms with van der Waals surface area (Å²) in [5.74, 6) is -1.20. The number of benzene rings is 1. The van der Waals surface area contributed by atoms with E-state index in [0.717, 1.165) is 4.90 Å². The Balaban J connectivity index is 2.03. The number of hydrogen-bond donors (Lipinski definition) is 2. The minimum absolute atomic E-state index is 0.0594. The summed E-state index contributed by atoms with van der Waals surface area (Å²) in [5, 5.41) is 8.33. The van der Waals surface area contributed by atoms with Crippen LogP contribution in [0.25, 0.3) is 0 Å². The van der Waals surface area contributed by atoms with E-state index in [1.165, 1.54) is 5.48 Å². The van der Waals surface area contributed by atoms with Crippen LogP contribution in [0.2, 0.25) is 0 Å². The van der Waals surface area contributed by atoms with Crippen molar-refractivity contribution < 1.29 is 19.6 Å². The molecule has 0 spiro atoms. The number of carbonyl (C=O) groups excluding carboxylic acids is 3. The number of carbonyl (C=O) groups is 3. The number of fused-ring (bicyclic) bond motifs is 1. The smallest absolute Gasteiger partial charge is 0.261 e. The maximum absolute atomic E-state index is 11.9. The van der Waals surface area contributed by atoms with E-state index in [-0.39, 0.29) is 24.8 Å². The Morgan fingerprint density at radius 3 is 2.22 bits per heavy atom. The highest BCUT2D eigenvalue weighted by Gasteiger charge is 2.34. The van der Waals surface area contributed by atoms with Gasteiger partial charge in [-0.3, -0.25) is 24.5 Å². The summed E-state index contributed by atoms with van der Waals surface area (Å²) < 4.78 is 0. The van der Waals surface area contributed by atoms with Crippen LogP contribution >= 0.6 is 0 Å². The SMILES string of the molecule is O=C(CCCN1C(=O)c2ccccc2C1=O)NO. The van der Waals surface area contributed by atoms with E-state index in [1.807, 2.05) is 0 Å². The average Bonchev–Trinajstić information content (AvgIpc) is 2.64. The van der Waals surface area contributed by atoms with E-state index in [4.69, 9.17) is 5.21 Å². The Morgan fingerprint density at radius 1 is 1.17 bits per heavy atom. The van der Waals surface area contributed by atoms with Crippen LogP contribution in [0.1, 0.15) is 33.6 Å². The highest BCUT2D eigenvalue weighted by molar-refractivity contribution is 6.21. The Labute approximate surface area is 103 Å². The Kier molecular flexibility index (Phi) is 3.38. The molecule has 0 saturated heterocycles. The van der Waals surface area contributed by atoms with Gasteiger partial charge in [-0.1, -0.05) is 12.1 Å². The third-order valence-electron chi connectivity index (χ3n) is 2.79. The minimum Gasteiger partial charge on any atom is -0.289 e. The van der Waals surface area contributed by atoms with E-state index < -0.39 is 5.91 Å². The molecule has 2 rings (SSSR count). The first kappa shape index (κ1) is 12.3. The van der Waals surface area contributed by atoms with E-state index >= 15 is 0 Å². The lowest BCUT2D eigenvalue weighted by Crippen LogP contribution is -2.31. The van der Waals surface area contributed by atoms with Crippen LogP contribution in [0, 0.1) is 0 Å². The maximum Gasteiger partial charge on any atom is 0.261 e. The van der Waals surface area contributed by atoms with Crippen LogP contribution in [-0.4, -0.2) is 34.4 Å². The Bertz CT molecular complexity index is 478. The van der Waals surface area contributed by atoms with Gasteiger partial charge in [0.15, 0.2) is 0 Å². The summed E-state index contributed by atoms with van der Waals surface area (Å²) in [6, 6.07) is 6.62. The molecule has 0 unspecified atom stereocenters. The molecule has 3 amide bonds. The topological polar surface area (TPSA) is 86.7 Å². The van der Waals surface area contributed by atoms with Crippen LogP contribution in [0.15, 0.2) is 24.3 Å². The molecule has 0 aliphatic carbocycles. The quantitative estimate of drug-likeness (QED) is 0.463. The van der Waals surface area contributed by atoms with E-state index in [2.05, 4.69) is 0 Å². The summed E-state index contributed by atoms with van der Waals surface area (Å²) in [7, 11) is 0. The fourth-order valence-electron chi connectivity index (χ4n) is 1.90. The number of nitrogens with zero attached hydrogens (tertiary/aromatic N) is 1. The summed E-state index contributed by atoms with van der Waals surface area (Å²) in [4.78, 5) is 35.8. The van der Waals surface area contributed by atoms with Crippen LogP contribution in [-0.2, 0) is 4.79 Å². The van der Waals surface area contributed by atoms with Crippen LogP contribution in [0.4, 0.5) is 0 Å². The molecular formula is C12H12N2O4. The first-order valence-corrected chi connectivity index (χ1v) is 5.53. The molecule has 1 aromatic carbocycles. The molecule has 18 heavy (non-hydrogen) atoms. The molecule has 0 saturated carbocycles. The van der Waals surface area contributed by atoms with Gasteiger partial charge in [0.25, 0.3) is 11.8 Å². The molecule has 0 bridgehead atoms. The molecule has 1 aliphatic rings. The van der Waals surface area contributed by atoms with Crippen LogP contribution in [0.3, 0.4) is 0 Å². The van der Waals surface area contributed by atoms with Gasteiger partial charge in [-0.15, -0.1) is 0 Å². The van der Waals surface area contributed by atoms with Crippen molar-refractivity contribution in [1.29, 1.82) is 0 Å². The molecule has 0 radical (unpaired) electrons. The molecule has 0 atom stereocenters. The van der Waals surface area contributed by atoms with E-state index in [0.29, 0.717) is 17.5 Å². The average molecular weight is 248 g/mol. The van der Waals surface area contributed by atoms with Crippen molar-refractivity contribution in [2.24, 2.45) is 0 Å². The highest BCUT2D eigenvalue weighted by atomic mass is 16.5. The zero-order chi connectivity index (χ0) is 13.1. The van der Waals surface area contributed by atoms with Crippen molar-refractivity contribution in [2.75, 3.05) is 6.54 Å². The normalized spacial score (nSPS) is 13.7. The lowest BCUT2D eigenvalue weighted by Gasteiger charge is -2.12. The Hall–Kier alpha value is -2.21. The van der Waals surface area contributed by atoms with Crippen molar-refractivity contribution in [1.82, 2.24) is 10.4 Å². The number of hydroxylamine groups is 1. The molecule has 1 aromatic rings. The fourth-order valence-corrected chi connectivity index (χ4v) is 1.90. The predicted octanol–water partition coefficient (Wildman–Crippen LogP) is 0.568. The zero-order valence-corrected chi connectivity index (χ0v) is 9.55. The second-order valence-corrected chi connectivity index (χ2v) is 3.95. The van der Waals surface area contributed by atoms with Gasteiger partial charge < -0.3 is 0 Å². The molecule has 0 fully saturated rings. The van der Waals surface area contributed by atoms with Gasteiger partial charge in [0, 0.05) is 13.0 Å². The summed E-state index contributed by atoms with van der Waals surface area (Å²) in [6.07, 6.45) is 0.377. The second kappa shape index (κ2) is 4.97. The summed E-state index contributed by atoms with van der Waals surface area (Å²) in [5.41, 5.74) is 2.30. The van der Waals surface area contributed by atoms with Crippen molar-refractivity contribution in [2.45, 2.75) is 12.8 Å². The number of hydrogen-bond acceptors (Lipinski definition) is 4. The lowest BCUT2D eigenvalue weighted by molar-refractivity contribution is -0.129. The molecule has 6 nitrogen and oxygen atoms in total. The first-order valence-electron chi connectivity index (χ1n) is 5.53. The number of rotatable bonds is 4. The van der Waals surface area contributed by atoms with Crippen molar-refractivity contribution in [3.05, 3.63) is 35.4 Å². The highest BCUT2D eigenvalue weighted by Crippen LogP contribution is 2.22. The fraction of sp³-hybridized carbons (Fsp3) is 0.250. The van der Waals surface area contributed by atoms with E-state index in [1.54, 1.807) is 24.3 Å². The third-order valence-corrected chi connectivity index (χ3v) is 2.79. The minimum atomic E-state index is -0.536. The van der Waals surface area contributed by atoms with Gasteiger partial charge in [-0.25, -0.2) is 5.48 Å². The summed E-state index contributed by atoms with van der Waals surface area (Å²) in [6.45, 7) is 0.166. The molecule has 2 N–H and O–H groups in total. The van der Waals surface area contributed by atoms with Gasteiger partial charge in [0.05, 0.1) is 11.1 Å². The van der Waals surface area contributed by atoms with Gasteiger partial charge in [0.1, 0.15) is 0 Å². The third kappa shape index (κ3) is 2.10. The number of imide groups is 1. The standard InChI is InChI=1S/C12H12N2O4/c15-10(13-18)6-3-7-14-11(16)8-4-1-2-5-9(8)12(14)17/h1-2,4-5,18H,3,6-7H2,(H,13,15). The molecule has 1 heterocycles. The molecule has 1 aliphatic heterocycles. The molecule has 0 aromatic heterocycles. The van der Waals surface area contributed by atoms with Crippen LogP contribution < -0.4 is 5.48 Å². The number of nitrogens with one attached hydrogen (secondary N) is 1. The molecule has 6 heteroatoms. The molecular weight excluding hydrogens is 236 g/mol. The van der Waals surface area contributed by atoms with Crippen molar-refractivity contribution in [3.63, 3.8) is 0 Å². The van der Waals surface area contributed by atoms with Crippen molar-refractivity contribution >= 4 is 17.7 Å². The van der Waals surface area contributed by atoms with Gasteiger partial charge in [-0.05, 0) is 18.6 Å². The number of amides is 3. The monoisotopic (exact) mass is 248 g/mol. The van der Waals surface area contributed by atoms with Gasteiger partial charge in [-0.2, -0.15) is 0 Å². The zero-order valence-electron chi connectivity index (χ0n) is 9.55. The van der Waals surface area contributed by atoms with Gasteiger partial charge >= 0.3 is 0 Å². The first-order chi connectivity index (χ1) is 8.65. The summed E-state index contributed by atoms with van der Waals surface area (Å²) >= 11 is 0. The van der Waals surface area contributed by atoms with E-state index in [9.17, 15) is 14.4 Å². The largest absolute Gasteiger partial charge is 0.289 e.